The van der Waals surface area contributed by atoms with E-state index in [2.05, 4.69) is 10.1 Å². The van der Waals surface area contributed by atoms with Gasteiger partial charge in [-0.15, -0.1) is 0 Å². The van der Waals surface area contributed by atoms with Gasteiger partial charge in [0.1, 0.15) is 24.5 Å². The molecule has 2 aromatic rings. The van der Waals surface area contributed by atoms with Gasteiger partial charge in [0.15, 0.2) is 0 Å². The van der Waals surface area contributed by atoms with E-state index >= 15 is 0 Å². The van der Waals surface area contributed by atoms with Gasteiger partial charge in [0.2, 0.25) is 0 Å². The zero-order valence-corrected chi connectivity index (χ0v) is 7.12. The standard InChI is InChI=1S/C9H6N4O/c10-4-7-3-8(14)1-2-9(7)13-6-11-5-12-13/h1-3,5-6,14H. The summed E-state index contributed by atoms with van der Waals surface area (Å²) < 4.78 is 1.47. The van der Waals surface area contributed by atoms with Crippen LogP contribution in [-0.4, -0.2) is 19.9 Å². The fourth-order valence-electron chi connectivity index (χ4n) is 1.15. The molecule has 0 aliphatic carbocycles. The summed E-state index contributed by atoms with van der Waals surface area (Å²) in [6.45, 7) is 0. The highest BCUT2D eigenvalue weighted by atomic mass is 16.3. The summed E-state index contributed by atoms with van der Waals surface area (Å²) in [5.74, 6) is 0.0606. The van der Waals surface area contributed by atoms with Crippen molar-refractivity contribution >= 4 is 0 Å². The Bertz CT molecular complexity index is 484. The highest BCUT2D eigenvalue weighted by Crippen LogP contribution is 2.18. The van der Waals surface area contributed by atoms with Crippen molar-refractivity contribution in [3.05, 3.63) is 36.4 Å². The Morgan fingerprint density at radius 3 is 2.93 bits per heavy atom. The molecule has 0 spiro atoms. The van der Waals surface area contributed by atoms with Gasteiger partial charge in [-0.1, -0.05) is 0 Å². The minimum atomic E-state index is 0.0606. The van der Waals surface area contributed by atoms with E-state index in [-0.39, 0.29) is 5.75 Å². The fourth-order valence-corrected chi connectivity index (χ4v) is 1.15. The quantitative estimate of drug-likeness (QED) is 0.716. The van der Waals surface area contributed by atoms with E-state index in [1.165, 1.54) is 29.5 Å². The van der Waals surface area contributed by atoms with E-state index in [9.17, 15) is 0 Å². The van der Waals surface area contributed by atoms with Crippen LogP contribution in [0.4, 0.5) is 0 Å². The zero-order valence-electron chi connectivity index (χ0n) is 7.12. The fraction of sp³-hybridized carbons (Fsp3) is 0. The van der Waals surface area contributed by atoms with Gasteiger partial charge in [-0.3, -0.25) is 0 Å². The van der Waals surface area contributed by atoms with Crippen LogP contribution >= 0.6 is 0 Å². The molecular weight excluding hydrogens is 180 g/mol. The molecule has 5 nitrogen and oxygen atoms in total. The second-order valence-corrected chi connectivity index (χ2v) is 2.65. The Balaban J connectivity index is 2.60. The SMILES string of the molecule is N#Cc1cc(O)ccc1-n1cncn1. The van der Waals surface area contributed by atoms with Gasteiger partial charge in [0.05, 0.1) is 11.3 Å². The van der Waals surface area contributed by atoms with E-state index in [1.807, 2.05) is 6.07 Å². The molecule has 0 unspecified atom stereocenters. The van der Waals surface area contributed by atoms with E-state index in [1.54, 1.807) is 6.07 Å². The number of hydrogen-bond acceptors (Lipinski definition) is 4. The maximum atomic E-state index is 9.17. The summed E-state index contributed by atoms with van der Waals surface area (Å²) >= 11 is 0. The molecule has 68 valence electrons. The van der Waals surface area contributed by atoms with Crippen molar-refractivity contribution in [1.29, 1.82) is 5.26 Å². The molecule has 5 heteroatoms. The molecule has 1 N–H and O–H groups in total. The molecule has 0 saturated heterocycles. The summed E-state index contributed by atoms with van der Waals surface area (Å²) in [5.41, 5.74) is 0.957. The van der Waals surface area contributed by atoms with Crippen molar-refractivity contribution in [2.24, 2.45) is 0 Å². The van der Waals surface area contributed by atoms with Crippen LogP contribution in [0.2, 0.25) is 0 Å². The van der Waals surface area contributed by atoms with Gasteiger partial charge in [0, 0.05) is 0 Å². The maximum absolute atomic E-state index is 9.17. The molecule has 0 amide bonds. The minimum Gasteiger partial charge on any atom is -0.508 e. The first-order valence-corrected chi connectivity index (χ1v) is 3.89. The first-order chi connectivity index (χ1) is 6.81. The van der Waals surface area contributed by atoms with Gasteiger partial charge in [-0.2, -0.15) is 10.4 Å². The number of benzene rings is 1. The molecule has 0 bridgehead atoms. The average molecular weight is 186 g/mol. The first kappa shape index (κ1) is 8.26. The third kappa shape index (κ3) is 1.29. The largest absolute Gasteiger partial charge is 0.508 e. The van der Waals surface area contributed by atoms with Crippen LogP contribution < -0.4 is 0 Å². The van der Waals surface area contributed by atoms with Gasteiger partial charge in [0.25, 0.3) is 0 Å². The lowest BCUT2D eigenvalue weighted by atomic mass is 10.2. The van der Waals surface area contributed by atoms with E-state index in [4.69, 9.17) is 10.4 Å². The van der Waals surface area contributed by atoms with Gasteiger partial charge in [-0.05, 0) is 18.2 Å². The van der Waals surface area contributed by atoms with Crippen LogP contribution in [0.1, 0.15) is 5.56 Å². The molecular formula is C9H6N4O. The molecule has 0 aliphatic rings. The lowest BCUT2D eigenvalue weighted by Crippen LogP contribution is -1.97. The number of nitriles is 1. The third-order valence-electron chi connectivity index (χ3n) is 1.77. The van der Waals surface area contributed by atoms with Gasteiger partial charge in [-0.25, -0.2) is 9.67 Å². The highest BCUT2D eigenvalue weighted by Gasteiger charge is 2.05. The van der Waals surface area contributed by atoms with Gasteiger partial charge < -0.3 is 5.11 Å². The number of nitrogens with zero attached hydrogens (tertiary/aromatic N) is 4. The minimum absolute atomic E-state index is 0.0606. The molecule has 0 saturated carbocycles. The summed E-state index contributed by atoms with van der Waals surface area (Å²) in [5, 5.41) is 21.9. The Labute approximate surface area is 79.9 Å². The summed E-state index contributed by atoms with van der Waals surface area (Å²) in [6, 6.07) is 6.47. The smallest absolute Gasteiger partial charge is 0.138 e. The highest BCUT2D eigenvalue weighted by molar-refractivity contribution is 5.51. The normalized spacial score (nSPS) is 9.64. The topological polar surface area (TPSA) is 74.7 Å². The predicted molar refractivity (Wildman–Crippen MR) is 47.7 cm³/mol. The number of phenolic OH excluding ortho intramolecular Hbond substituents is 1. The summed E-state index contributed by atoms with van der Waals surface area (Å²) in [6.07, 6.45) is 2.88. The molecule has 1 aromatic carbocycles. The zero-order chi connectivity index (χ0) is 9.97. The van der Waals surface area contributed by atoms with E-state index in [0.29, 0.717) is 11.3 Å². The van der Waals surface area contributed by atoms with Crippen LogP contribution in [0.3, 0.4) is 0 Å². The van der Waals surface area contributed by atoms with E-state index < -0.39 is 0 Å². The molecule has 1 aromatic heterocycles. The number of rotatable bonds is 1. The molecule has 0 fully saturated rings. The maximum Gasteiger partial charge on any atom is 0.138 e. The van der Waals surface area contributed by atoms with Crippen molar-refractivity contribution in [3.63, 3.8) is 0 Å². The van der Waals surface area contributed by atoms with Crippen LogP contribution in [0.5, 0.6) is 5.75 Å². The molecule has 14 heavy (non-hydrogen) atoms. The van der Waals surface area contributed by atoms with Crippen molar-refractivity contribution in [1.82, 2.24) is 14.8 Å². The van der Waals surface area contributed by atoms with Crippen LogP contribution in [0.25, 0.3) is 5.69 Å². The first-order valence-electron chi connectivity index (χ1n) is 3.89. The van der Waals surface area contributed by atoms with Crippen LogP contribution in [-0.2, 0) is 0 Å². The monoisotopic (exact) mass is 186 g/mol. The molecule has 2 rings (SSSR count). The Morgan fingerprint density at radius 2 is 2.29 bits per heavy atom. The number of phenols is 1. The summed E-state index contributed by atoms with van der Waals surface area (Å²) in [4.78, 5) is 3.78. The Morgan fingerprint density at radius 1 is 1.43 bits per heavy atom. The van der Waals surface area contributed by atoms with Crippen molar-refractivity contribution in [2.75, 3.05) is 0 Å². The lowest BCUT2D eigenvalue weighted by Gasteiger charge is -2.02. The van der Waals surface area contributed by atoms with Crippen LogP contribution in [0, 0.1) is 11.3 Å². The number of hydrogen-bond donors (Lipinski definition) is 1. The molecule has 1 heterocycles. The second-order valence-electron chi connectivity index (χ2n) is 2.65. The second kappa shape index (κ2) is 3.18. The molecule has 0 radical (unpaired) electrons. The van der Waals surface area contributed by atoms with Crippen molar-refractivity contribution in [2.45, 2.75) is 0 Å². The number of aromatic nitrogens is 3. The summed E-state index contributed by atoms with van der Waals surface area (Å²) in [7, 11) is 0. The molecule has 0 aliphatic heterocycles. The Hall–Kier alpha value is -2.35. The average Bonchev–Trinajstić information content (AvgIpc) is 2.70. The van der Waals surface area contributed by atoms with Crippen molar-refractivity contribution in [3.8, 4) is 17.5 Å². The Kier molecular flexibility index (Phi) is 1.88. The van der Waals surface area contributed by atoms with Crippen LogP contribution in [0.15, 0.2) is 30.9 Å². The third-order valence-corrected chi connectivity index (χ3v) is 1.77. The number of aromatic hydroxyl groups is 1. The molecule has 0 atom stereocenters. The van der Waals surface area contributed by atoms with E-state index in [0.717, 1.165) is 0 Å². The lowest BCUT2D eigenvalue weighted by molar-refractivity contribution is 0.475. The van der Waals surface area contributed by atoms with Crippen molar-refractivity contribution < 1.29 is 5.11 Å². The van der Waals surface area contributed by atoms with Gasteiger partial charge >= 0.3 is 0 Å². The predicted octanol–water partition coefficient (Wildman–Crippen LogP) is 0.845.